The Kier molecular flexibility index (Phi) is 2.57. The first-order chi connectivity index (χ1) is 6.27. The molecule has 0 saturated heterocycles. The molecule has 0 radical (unpaired) electrons. The Morgan fingerprint density at radius 1 is 1.54 bits per heavy atom. The predicted octanol–water partition coefficient (Wildman–Crippen LogP) is 3.63. The van der Waals surface area contributed by atoms with Crippen LogP contribution in [0.3, 0.4) is 0 Å². The fourth-order valence-electron chi connectivity index (χ4n) is 0.918. The lowest BCUT2D eigenvalue weighted by atomic mass is 10.4. The lowest BCUT2D eigenvalue weighted by Gasteiger charge is -1.96. The molecule has 0 aliphatic heterocycles. The van der Waals surface area contributed by atoms with E-state index in [-0.39, 0.29) is 0 Å². The molecule has 2 rings (SSSR count). The number of hydrogen-bond donors (Lipinski definition) is 1. The number of hydrogen-bond acceptors (Lipinski definition) is 3. The number of nitrogens with zero attached hydrogens (tertiary/aromatic N) is 1. The number of nitrogens with one attached hydrogen (secondary N) is 1. The Morgan fingerprint density at radius 3 is 3.00 bits per heavy atom. The van der Waals surface area contributed by atoms with E-state index in [9.17, 15) is 0 Å². The van der Waals surface area contributed by atoms with Crippen molar-refractivity contribution >= 4 is 39.5 Å². The monoisotopic (exact) mass is 272 g/mol. The number of aromatic nitrogens is 2. The van der Waals surface area contributed by atoms with Crippen molar-refractivity contribution in [3.8, 4) is 10.7 Å². The van der Waals surface area contributed by atoms with Gasteiger partial charge in [0.2, 0.25) is 0 Å². The summed E-state index contributed by atoms with van der Waals surface area (Å²) in [5.41, 5.74) is 0. The number of aromatic amines is 1. The van der Waals surface area contributed by atoms with Gasteiger partial charge in [0.25, 0.3) is 0 Å². The third-order valence-corrected chi connectivity index (χ3v) is 3.57. The summed E-state index contributed by atoms with van der Waals surface area (Å²) in [6, 6.07) is 3.99. The van der Waals surface area contributed by atoms with Gasteiger partial charge in [0.05, 0.1) is 9.35 Å². The SMILES string of the molecule is S=c1[nH]c(-c2cccs2)ncc1Br. The standard InChI is InChI=1S/C8H5BrN2S2/c9-5-4-10-7(11-8(5)12)6-2-1-3-13-6/h1-4H,(H,10,11,12). The van der Waals surface area contributed by atoms with Crippen molar-refractivity contribution in [2.45, 2.75) is 0 Å². The first-order valence-electron chi connectivity index (χ1n) is 3.56. The van der Waals surface area contributed by atoms with E-state index in [1.165, 1.54) is 0 Å². The van der Waals surface area contributed by atoms with Crippen molar-refractivity contribution < 1.29 is 0 Å². The van der Waals surface area contributed by atoms with E-state index in [4.69, 9.17) is 12.2 Å². The first kappa shape index (κ1) is 9.05. The summed E-state index contributed by atoms with van der Waals surface area (Å²) >= 11 is 10.0. The zero-order chi connectivity index (χ0) is 9.26. The summed E-state index contributed by atoms with van der Waals surface area (Å²) in [6.45, 7) is 0. The Labute approximate surface area is 92.8 Å². The molecular weight excluding hydrogens is 268 g/mol. The van der Waals surface area contributed by atoms with E-state index in [0.29, 0.717) is 4.64 Å². The highest BCUT2D eigenvalue weighted by atomic mass is 79.9. The van der Waals surface area contributed by atoms with Crippen molar-refractivity contribution in [2.24, 2.45) is 0 Å². The molecule has 66 valence electrons. The number of H-pyrrole nitrogens is 1. The molecule has 5 heteroatoms. The Balaban J connectivity index is 2.55. The molecule has 0 atom stereocenters. The molecule has 2 aromatic heterocycles. The van der Waals surface area contributed by atoms with Gasteiger partial charge in [-0.15, -0.1) is 11.3 Å². The van der Waals surface area contributed by atoms with E-state index < -0.39 is 0 Å². The molecular formula is C8H5BrN2S2. The predicted molar refractivity (Wildman–Crippen MR) is 60.4 cm³/mol. The zero-order valence-electron chi connectivity index (χ0n) is 6.45. The number of halogens is 1. The Morgan fingerprint density at radius 2 is 2.38 bits per heavy atom. The average Bonchev–Trinajstić information content (AvgIpc) is 2.62. The molecule has 0 aliphatic rings. The molecule has 2 nitrogen and oxygen atoms in total. The maximum absolute atomic E-state index is 5.08. The van der Waals surface area contributed by atoms with E-state index in [0.717, 1.165) is 15.2 Å². The lowest BCUT2D eigenvalue weighted by molar-refractivity contribution is 1.15. The second-order valence-electron chi connectivity index (χ2n) is 2.39. The van der Waals surface area contributed by atoms with Gasteiger partial charge in [-0.3, -0.25) is 0 Å². The van der Waals surface area contributed by atoms with E-state index >= 15 is 0 Å². The first-order valence-corrected chi connectivity index (χ1v) is 5.64. The summed E-state index contributed by atoms with van der Waals surface area (Å²) in [6.07, 6.45) is 1.72. The molecule has 0 saturated carbocycles. The summed E-state index contributed by atoms with van der Waals surface area (Å²) < 4.78 is 1.50. The van der Waals surface area contributed by atoms with Crippen LogP contribution in [-0.4, -0.2) is 9.97 Å². The van der Waals surface area contributed by atoms with Crippen LogP contribution >= 0.6 is 39.5 Å². The number of thiophene rings is 1. The highest BCUT2D eigenvalue weighted by Gasteiger charge is 2.00. The fraction of sp³-hybridized carbons (Fsp3) is 0. The van der Waals surface area contributed by atoms with Crippen LogP contribution < -0.4 is 0 Å². The summed E-state index contributed by atoms with van der Waals surface area (Å²) in [4.78, 5) is 8.36. The minimum absolute atomic E-state index is 0.679. The molecule has 1 N–H and O–H groups in total. The smallest absolute Gasteiger partial charge is 0.148 e. The van der Waals surface area contributed by atoms with Crippen molar-refractivity contribution in [2.75, 3.05) is 0 Å². The minimum Gasteiger partial charge on any atom is -0.329 e. The van der Waals surface area contributed by atoms with Crippen LogP contribution in [0.5, 0.6) is 0 Å². The van der Waals surface area contributed by atoms with Gasteiger partial charge in [0, 0.05) is 6.20 Å². The Bertz CT molecular complexity index is 461. The normalized spacial score (nSPS) is 10.2. The molecule has 0 aromatic carbocycles. The summed E-state index contributed by atoms with van der Waals surface area (Å²) in [7, 11) is 0. The van der Waals surface area contributed by atoms with Crippen LogP contribution in [-0.2, 0) is 0 Å². The van der Waals surface area contributed by atoms with Gasteiger partial charge in [-0.1, -0.05) is 18.3 Å². The van der Waals surface area contributed by atoms with Crippen LogP contribution in [0.4, 0.5) is 0 Å². The fourth-order valence-corrected chi connectivity index (χ4v) is 1.95. The minimum atomic E-state index is 0.679. The largest absolute Gasteiger partial charge is 0.329 e. The third kappa shape index (κ3) is 1.87. The third-order valence-electron chi connectivity index (χ3n) is 1.51. The van der Waals surface area contributed by atoms with Crippen LogP contribution in [0.2, 0.25) is 0 Å². The molecule has 0 fully saturated rings. The van der Waals surface area contributed by atoms with Crippen molar-refractivity contribution in [3.63, 3.8) is 0 Å². The zero-order valence-corrected chi connectivity index (χ0v) is 9.67. The van der Waals surface area contributed by atoms with Crippen molar-refractivity contribution in [3.05, 3.63) is 32.8 Å². The molecule has 0 bridgehead atoms. The van der Waals surface area contributed by atoms with Gasteiger partial charge in [0.1, 0.15) is 10.5 Å². The molecule has 0 aliphatic carbocycles. The van der Waals surface area contributed by atoms with Gasteiger partial charge < -0.3 is 4.98 Å². The summed E-state index contributed by atoms with van der Waals surface area (Å²) in [5, 5.41) is 2.01. The lowest BCUT2D eigenvalue weighted by Crippen LogP contribution is -1.86. The van der Waals surface area contributed by atoms with Gasteiger partial charge in [-0.2, -0.15) is 0 Å². The maximum atomic E-state index is 5.08. The highest BCUT2D eigenvalue weighted by Crippen LogP contribution is 2.21. The Hall–Kier alpha value is -0.520. The second kappa shape index (κ2) is 3.69. The number of rotatable bonds is 1. The van der Waals surface area contributed by atoms with E-state index in [2.05, 4.69) is 25.9 Å². The second-order valence-corrected chi connectivity index (χ2v) is 4.60. The van der Waals surface area contributed by atoms with Crippen LogP contribution in [0.1, 0.15) is 0 Å². The van der Waals surface area contributed by atoms with Gasteiger partial charge in [0.15, 0.2) is 0 Å². The molecule has 0 spiro atoms. The molecule has 2 aromatic rings. The quantitative estimate of drug-likeness (QED) is 0.804. The van der Waals surface area contributed by atoms with Crippen LogP contribution in [0, 0.1) is 4.64 Å². The van der Waals surface area contributed by atoms with Gasteiger partial charge >= 0.3 is 0 Å². The van der Waals surface area contributed by atoms with Crippen LogP contribution in [0.15, 0.2) is 28.2 Å². The maximum Gasteiger partial charge on any atom is 0.148 e. The topological polar surface area (TPSA) is 28.7 Å². The van der Waals surface area contributed by atoms with Crippen LogP contribution in [0.25, 0.3) is 10.7 Å². The van der Waals surface area contributed by atoms with E-state index in [1.54, 1.807) is 17.5 Å². The molecule has 0 amide bonds. The average molecular weight is 273 g/mol. The van der Waals surface area contributed by atoms with Gasteiger partial charge in [-0.05, 0) is 27.4 Å². The van der Waals surface area contributed by atoms with Gasteiger partial charge in [-0.25, -0.2) is 4.98 Å². The van der Waals surface area contributed by atoms with Crippen molar-refractivity contribution in [1.29, 1.82) is 0 Å². The molecule has 2 heterocycles. The van der Waals surface area contributed by atoms with E-state index in [1.807, 2.05) is 17.5 Å². The molecule has 0 unspecified atom stereocenters. The molecule has 13 heavy (non-hydrogen) atoms. The summed E-state index contributed by atoms with van der Waals surface area (Å²) in [5.74, 6) is 0.822. The van der Waals surface area contributed by atoms with Crippen molar-refractivity contribution in [1.82, 2.24) is 9.97 Å². The highest BCUT2D eigenvalue weighted by molar-refractivity contribution is 9.10.